The van der Waals surface area contributed by atoms with Crippen molar-refractivity contribution in [2.75, 3.05) is 5.73 Å². The highest BCUT2D eigenvalue weighted by Crippen LogP contribution is 2.29. The van der Waals surface area contributed by atoms with Crippen LogP contribution in [0.4, 0.5) is 5.69 Å². The Hall–Kier alpha value is -2.13. The molecule has 100 valence electrons. The normalized spacial score (nSPS) is 10.9. The lowest BCUT2D eigenvalue weighted by atomic mass is 9.96. The van der Waals surface area contributed by atoms with Crippen LogP contribution in [0.15, 0.2) is 41.8 Å². The van der Waals surface area contributed by atoms with Crippen molar-refractivity contribution in [3.63, 3.8) is 0 Å². The minimum Gasteiger partial charge on any atom is -0.398 e. The van der Waals surface area contributed by atoms with Gasteiger partial charge in [0.25, 0.3) is 0 Å². The van der Waals surface area contributed by atoms with Crippen molar-refractivity contribution in [2.24, 2.45) is 0 Å². The standard InChI is InChI=1S/C17H15NOS/c1-10-7-11(2)15(18)8-13(10)17(19)14-9-20-16-6-4-3-5-12(14)16/h3-9H,18H2,1-2H3. The van der Waals surface area contributed by atoms with Gasteiger partial charge in [0, 0.05) is 32.3 Å². The maximum atomic E-state index is 12.8. The summed E-state index contributed by atoms with van der Waals surface area (Å²) in [6.45, 7) is 3.91. The minimum absolute atomic E-state index is 0.0478. The Labute approximate surface area is 121 Å². The molecule has 0 unspecified atom stereocenters. The molecule has 0 saturated heterocycles. The van der Waals surface area contributed by atoms with Gasteiger partial charge in [-0.3, -0.25) is 4.79 Å². The zero-order valence-electron chi connectivity index (χ0n) is 11.4. The van der Waals surface area contributed by atoms with E-state index >= 15 is 0 Å². The van der Waals surface area contributed by atoms with Crippen molar-refractivity contribution in [3.05, 3.63) is 64.0 Å². The van der Waals surface area contributed by atoms with E-state index < -0.39 is 0 Å². The first-order chi connectivity index (χ1) is 9.58. The van der Waals surface area contributed by atoms with Crippen LogP contribution < -0.4 is 5.73 Å². The van der Waals surface area contributed by atoms with E-state index in [4.69, 9.17) is 5.73 Å². The van der Waals surface area contributed by atoms with Gasteiger partial charge in [-0.2, -0.15) is 0 Å². The largest absolute Gasteiger partial charge is 0.398 e. The second-order valence-electron chi connectivity index (χ2n) is 5.00. The fourth-order valence-corrected chi connectivity index (χ4v) is 3.35. The summed E-state index contributed by atoms with van der Waals surface area (Å²) >= 11 is 1.60. The molecule has 20 heavy (non-hydrogen) atoms. The zero-order valence-corrected chi connectivity index (χ0v) is 12.3. The smallest absolute Gasteiger partial charge is 0.194 e. The first kappa shape index (κ1) is 12.9. The number of nitrogen functional groups attached to an aromatic ring is 1. The van der Waals surface area contributed by atoms with Crippen molar-refractivity contribution in [3.8, 4) is 0 Å². The lowest BCUT2D eigenvalue weighted by Crippen LogP contribution is -2.05. The summed E-state index contributed by atoms with van der Waals surface area (Å²) in [5.74, 6) is 0.0478. The summed E-state index contributed by atoms with van der Waals surface area (Å²) in [5.41, 5.74) is 10.0. The van der Waals surface area contributed by atoms with Crippen molar-refractivity contribution < 1.29 is 4.79 Å². The van der Waals surface area contributed by atoms with Gasteiger partial charge in [-0.25, -0.2) is 0 Å². The monoisotopic (exact) mass is 281 g/mol. The highest BCUT2D eigenvalue weighted by molar-refractivity contribution is 7.17. The van der Waals surface area contributed by atoms with Crippen LogP contribution in [0.3, 0.4) is 0 Å². The molecular weight excluding hydrogens is 266 g/mol. The SMILES string of the molecule is Cc1cc(C)c(C(=O)c2csc3ccccc23)cc1N. The summed E-state index contributed by atoms with van der Waals surface area (Å²) < 4.78 is 1.13. The molecule has 0 fully saturated rings. The molecule has 2 N–H and O–H groups in total. The van der Waals surface area contributed by atoms with Gasteiger partial charge in [-0.15, -0.1) is 11.3 Å². The number of hydrogen-bond donors (Lipinski definition) is 1. The quantitative estimate of drug-likeness (QED) is 0.561. The number of thiophene rings is 1. The van der Waals surface area contributed by atoms with Crippen LogP contribution in [0, 0.1) is 13.8 Å². The maximum absolute atomic E-state index is 12.8. The molecule has 2 aromatic carbocycles. The van der Waals surface area contributed by atoms with E-state index in [9.17, 15) is 4.79 Å². The van der Waals surface area contributed by atoms with E-state index in [0.29, 0.717) is 11.3 Å². The molecule has 0 bridgehead atoms. The van der Waals surface area contributed by atoms with Crippen molar-refractivity contribution in [2.45, 2.75) is 13.8 Å². The Kier molecular flexibility index (Phi) is 3.07. The van der Waals surface area contributed by atoms with E-state index in [1.165, 1.54) is 0 Å². The molecule has 3 rings (SSSR count). The van der Waals surface area contributed by atoms with E-state index in [-0.39, 0.29) is 5.78 Å². The molecule has 0 radical (unpaired) electrons. The fourth-order valence-electron chi connectivity index (χ4n) is 2.41. The molecular formula is C17H15NOS. The van der Waals surface area contributed by atoms with Gasteiger partial charge in [0.2, 0.25) is 0 Å². The maximum Gasteiger partial charge on any atom is 0.194 e. The number of hydrogen-bond acceptors (Lipinski definition) is 3. The molecule has 1 aromatic heterocycles. The highest BCUT2D eigenvalue weighted by Gasteiger charge is 2.16. The predicted molar refractivity (Wildman–Crippen MR) is 85.6 cm³/mol. The van der Waals surface area contributed by atoms with Gasteiger partial charge in [-0.1, -0.05) is 24.3 Å². The lowest BCUT2D eigenvalue weighted by Gasteiger charge is -2.08. The number of aryl methyl sites for hydroxylation is 2. The number of benzene rings is 2. The fraction of sp³-hybridized carbons (Fsp3) is 0.118. The Bertz CT molecular complexity index is 817. The number of carbonyl (C=O) groups is 1. The Balaban J connectivity index is 2.16. The van der Waals surface area contributed by atoms with Crippen LogP contribution in [0.5, 0.6) is 0 Å². The minimum atomic E-state index is 0.0478. The molecule has 0 atom stereocenters. The second-order valence-corrected chi connectivity index (χ2v) is 5.91. The first-order valence-corrected chi connectivity index (χ1v) is 7.33. The molecule has 0 amide bonds. The molecule has 0 saturated carbocycles. The van der Waals surface area contributed by atoms with Crippen LogP contribution in [-0.2, 0) is 0 Å². The van der Waals surface area contributed by atoms with Crippen molar-refractivity contribution >= 4 is 32.9 Å². The highest BCUT2D eigenvalue weighted by atomic mass is 32.1. The molecule has 3 heteroatoms. The van der Waals surface area contributed by atoms with Crippen LogP contribution in [0.1, 0.15) is 27.0 Å². The third-order valence-electron chi connectivity index (χ3n) is 3.58. The van der Waals surface area contributed by atoms with E-state index in [0.717, 1.165) is 26.8 Å². The summed E-state index contributed by atoms with van der Waals surface area (Å²) in [7, 11) is 0. The van der Waals surface area contributed by atoms with Gasteiger partial charge in [0.05, 0.1) is 0 Å². The Morgan fingerprint density at radius 3 is 2.60 bits per heavy atom. The number of fused-ring (bicyclic) bond motifs is 1. The molecule has 1 heterocycles. The summed E-state index contributed by atoms with van der Waals surface area (Å²) in [5, 5.41) is 2.95. The van der Waals surface area contributed by atoms with E-state index in [1.807, 2.05) is 49.6 Å². The Morgan fingerprint density at radius 2 is 1.80 bits per heavy atom. The molecule has 2 nitrogen and oxygen atoms in total. The van der Waals surface area contributed by atoms with Gasteiger partial charge in [0.15, 0.2) is 5.78 Å². The third-order valence-corrected chi connectivity index (χ3v) is 4.55. The summed E-state index contributed by atoms with van der Waals surface area (Å²) in [4.78, 5) is 12.8. The van der Waals surface area contributed by atoms with Gasteiger partial charge in [-0.05, 0) is 37.1 Å². The molecule has 3 aromatic rings. The van der Waals surface area contributed by atoms with Gasteiger partial charge >= 0.3 is 0 Å². The van der Waals surface area contributed by atoms with Crippen molar-refractivity contribution in [1.82, 2.24) is 0 Å². The van der Waals surface area contributed by atoms with Crippen LogP contribution >= 0.6 is 11.3 Å². The molecule has 0 spiro atoms. The summed E-state index contributed by atoms with van der Waals surface area (Å²) in [6.07, 6.45) is 0. The molecule has 0 aliphatic rings. The number of carbonyl (C=O) groups excluding carboxylic acids is 1. The van der Waals surface area contributed by atoms with Crippen molar-refractivity contribution in [1.29, 1.82) is 0 Å². The van der Waals surface area contributed by atoms with Gasteiger partial charge < -0.3 is 5.73 Å². The van der Waals surface area contributed by atoms with Crippen LogP contribution in [-0.4, -0.2) is 5.78 Å². The zero-order chi connectivity index (χ0) is 14.3. The summed E-state index contributed by atoms with van der Waals surface area (Å²) in [6, 6.07) is 11.7. The van der Waals surface area contributed by atoms with Crippen LogP contribution in [0.2, 0.25) is 0 Å². The third kappa shape index (κ3) is 2.00. The number of nitrogens with two attached hydrogens (primary N) is 1. The first-order valence-electron chi connectivity index (χ1n) is 6.45. The predicted octanol–water partition coefficient (Wildman–Crippen LogP) is 4.33. The number of anilines is 1. The number of ketones is 1. The second kappa shape index (κ2) is 4.76. The van der Waals surface area contributed by atoms with Crippen LogP contribution in [0.25, 0.3) is 10.1 Å². The molecule has 0 aliphatic carbocycles. The molecule has 0 aliphatic heterocycles. The topological polar surface area (TPSA) is 43.1 Å². The average molecular weight is 281 g/mol. The van der Waals surface area contributed by atoms with Gasteiger partial charge in [0.1, 0.15) is 0 Å². The Morgan fingerprint density at radius 1 is 1.05 bits per heavy atom. The lowest BCUT2D eigenvalue weighted by molar-refractivity contribution is 0.104. The van der Waals surface area contributed by atoms with E-state index in [2.05, 4.69) is 0 Å². The van der Waals surface area contributed by atoms with E-state index in [1.54, 1.807) is 17.4 Å². The average Bonchev–Trinajstić information content (AvgIpc) is 2.86. The number of rotatable bonds is 2.